The maximum absolute atomic E-state index is 14.7. The van der Waals surface area contributed by atoms with Gasteiger partial charge in [0.25, 0.3) is 0 Å². The summed E-state index contributed by atoms with van der Waals surface area (Å²) >= 11 is 0. The number of para-hydroxylation sites is 2. The number of rotatable bonds is 37. The van der Waals surface area contributed by atoms with Crippen LogP contribution in [-0.2, 0) is 102 Å². The van der Waals surface area contributed by atoms with E-state index in [0.717, 1.165) is 46.0 Å². The Kier molecular flexibility index (Phi) is 40.5. The van der Waals surface area contributed by atoms with E-state index in [1.807, 2.05) is 10.6 Å². The molecule has 14 amide bonds. The molecule has 12 atom stereocenters. The predicted octanol–water partition coefficient (Wildman–Crippen LogP) is -5.23. The van der Waals surface area contributed by atoms with Crippen molar-refractivity contribution >= 4 is 135 Å². The van der Waals surface area contributed by atoms with Crippen LogP contribution >= 0.6 is 0 Å². The summed E-state index contributed by atoms with van der Waals surface area (Å²) in [5, 5.41) is 78.7. The number of esters is 1. The summed E-state index contributed by atoms with van der Waals surface area (Å²) in [6.07, 6.45) is -1.02. The highest BCUT2D eigenvalue weighted by molar-refractivity contribution is 6.03. The molecular formula is C73H103N17O26. The summed E-state index contributed by atoms with van der Waals surface area (Å²) < 4.78 is 5.53. The lowest BCUT2D eigenvalue weighted by atomic mass is 9.95. The number of carbonyl (C=O) groups excluding carboxylic acids is 16. The second-order valence-electron chi connectivity index (χ2n) is 27.5. The fourth-order valence-corrected chi connectivity index (χ4v) is 11.9. The molecule has 2 heterocycles. The molecule has 2 aromatic carbocycles. The summed E-state index contributed by atoms with van der Waals surface area (Å²) in [7, 11) is 0. The number of ether oxygens (including phenoxy) is 1. The Bertz CT molecular complexity index is 4040. The van der Waals surface area contributed by atoms with Gasteiger partial charge in [-0.2, -0.15) is 0 Å². The second-order valence-corrected chi connectivity index (χ2v) is 27.5. The number of aromatic nitrogens is 1. The Hall–Kier alpha value is -12.7. The third-order valence-corrected chi connectivity index (χ3v) is 18.0. The molecule has 1 aliphatic heterocycles. The van der Waals surface area contributed by atoms with Gasteiger partial charge in [0.15, 0.2) is 5.78 Å². The number of fused-ring (bicyclic) bond motifs is 1. The lowest BCUT2D eigenvalue weighted by Crippen LogP contribution is -2.60. The van der Waals surface area contributed by atoms with E-state index in [-0.39, 0.29) is 43.5 Å². The quantitative estimate of drug-likeness (QED) is 0.0111. The van der Waals surface area contributed by atoms with Crippen LogP contribution in [-0.4, -0.2) is 248 Å². The Balaban J connectivity index is 1.86. The lowest BCUT2D eigenvalue weighted by molar-refractivity contribution is -0.151. The number of nitrogens with two attached hydrogens (primary N) is 3. The molecule has 1 aliphatic rings. The maximum atomic E-state index is 14.7. The summed E-state index contributed by atoms with van der Waals surface area (Å²) in [6, 6.07) is -9.53. The van der Waals surface area contributed by atoms with Gasteiger partial charge >= 0.3 is 29.8 Å². The summed E-state index contributed by atoms with van der Waals surface area (Å²) in [5.41, 5.74) is 18.4. The van der Waals surface area contributed by atoms with Crippen LogP contribution in [0.4, 0.5) is 5.69 Å². The van der Waals surface area contributed by atoms with E-state index in [9.17, 15) is 121 Å². The number of unbranched alkanes of at least 4 members (excludes halogenated alkanes) is 6. The van der Waals surface area contributed by atoms with Crippen LogP contribution in [0.15, 0.2) is 54.7 Å². The number of amides is 14. The molecule has 1 saturated heterocycles. The first-order valence-corrected chi connectivity index (χ1v) is 37.4. The van der Waals surface area contributed by atoms with Crippen molar-refractivity contribution < 1.29 is 126 Å². The molecule has 25 N–H and O–H groups in total. The van der Waals surface area contributed by atoms with Crippen molar-refractivity contribution in [3.63, 3.8) is 0 Å². The number of aliphatic hydroxyl groups is 1. The molecule has 0 bridgehead atoms. The number of nitrogen functional groups attached to an aromatic ring is 1. The summed E-state index contributed by atoms with van der Waals surface area (Å²) in [6.45, 7) is -0.653. The molecule has 0 radical (unpaired) electrons. The van der Waals surface area contributed by atoms with Gasteiger partial charge < -0.3 is 122 Å². The van der Waals surface area contributed by atoms with E-state index in [2.05, 4.69) is 70.4 Å². The van der Waals surface area contributed by atoms with Gasteiger partial charge in [-0.05, 0) is 75.3 Å². The van der Waals surface area contributed by atoms with Crippen LogP contribution < -0.4 is 86.3 Å². The molecule has 0 saturated carbocycles. The molecule has 0 unspecified atom stereocenters. The van der Waals surface area contributed by atoms with Gasteiger partial charge in [0.1, 0.15) is 73.1 Å². The number of ketones is 1. The first-order valence-electron chi connectivity index (χ1n) is 37.4. The van der Waals surface area contributed by atoms with Crippen molar-refractivity contribution in [1.29, 1.82) is 0 Å². The molecule has 636 valence electrons. The fourth-order valence-electron chi connectivity index (χ4n) is 11.9. The van der Waals surface area contributed by atoms with Crippen LogP contribution in [0.3, 0.4) is 0 Å². The maximum Gasteiger partial charge on any atom is 0.328 e. The van der Waals surface area contributed by atoms with Crippen molar-refractivity contribution in [2.24, 2.45) is 17.4 Å². The molecule has 116 heavy (non-hydrogen) atoms. The highest BCUT2D eigenvalue weighted by atomic mass is 16.5. The van der Waals surface area contributed by atoms with Crippen molar-refractivity contribution in [2.45, 2.75) is 209 Å². The molecule has 4 rings (SSSR count). The van der Waals surface area contributed by atoms with Crippen LogP contribution in [0.2, 0.25) is 0 Å². The zero-order valence-electron chi connectivity index (χ0n) is 64.1. The van der Waals surface area contributed by atoms with Gasteiger partial charge in [0.2, 0.25) is 82.7 Å². The number of carbonyl (C=O) groups is 20. The number of aromatic amines is 1. The Labute approximate surface area is 663 Å². The number of hydrogen-bond acceptors (Lipinski definition) is 24. The smallest absolute Gasteiger partial charge is 0.328 e. The highest BCUT2D eigenvalue weighted by Crippen LogP contribution is 2.21. The summed E-state index contributed by atoms with van der Waals surface area (Å²) in [5.74, 6) is -28.8. The molecule has 3 aromatic rings. The second kappa shape index (κ2) is 49.0. The van der Waals surface area contributed by atoms with Crippen LogP contribution in [0.5, 0.6) is 0 Å². The number of nitrogens with one attached hydrogen (secondary N) is 14. The molecule has 0 aliphatic carbocycles. The SMILES string of the molecule is CCCCCCCCCC(=O)N[C@@H](Cc1c[nH]c2ccccc12)C(=O)N[C@@H](CC(N)=O)C(=O)N[C@@H](CC(=O)O)C(=O)N[C@H]1COC(=O)[C@H](CCC(=O)c2ccccc2N)NC(=O)[C@H]([C@@H](C)CC(=O)O)NC(=O)[C@@H](CCO)NC(=O)CNC(=O)[C@H](CC(=O)O)NC(=O)[C@@H](C)NC(=O)[C@H](CC(=O)O)NC(=O)[C@H](CCCN)NC(=O)CNC1=O. The van der Waals surface area contributed by atoms with Gasteiger partial charge in [0, 0.05) is 54.2 Å². The molecule has 43 heteroatoms. The van der Waals surface area contributed by atoms with Crippen molar-refractivity contribution in [3.05, 3.63) is 65.9 Å². The zero-order chi connectivity index (χ0) is 86.3. The summed E-state index contributed by atoms with van der Waals surface area (Å²) in [4.78, 5) is 276. The number of hydrogen-bond donors (Lipinski definition) is 22. The van der Waals surface area contributed by atoms with E-state index in [4.69, 9.17) is 21.9 Å². The third-order valence-electron chi connectivity index (χ3n) is 18.0. The van der Waals surface area contributed by atoms with Crippen LogP contribution in [0, 0.1) is 5.92 Å². The molecule has 1 aromatic heterocycles. The monoisotopic (exact) mass is 1630 g/mol. The standard InChI is InChI=1S/C73H103N17O26/c1-4-5-6-7-8-9-10-21-55(94)83-47(28-39-33-77-43-19-14-12-16-40(39)43)69(111)86-48(29-54(76)93)70(112)88-51(32-61(103)104)71(113)89-52-36-116-73(115)46(22-23-53(92)41-17-11-13-18-42(41)75)84-72(114)62(37(2)27-58(97)98)90-67(109)45(24-26-91)82-57(96)34-78-64(106)49(30-59(99)100)85-63(105)38(3)80-68(110)50(31-60(101)102)87-66(108)44(20-15-25-74)81-56(95)35-79-65(52)107/h11-14,16-19,33,37-38,44-52,62,77,91H,4-10,15,20-32,34-36,74-75H2,1-3H3,(H2,76,93)(H,78,106)(H,79,107)(H,80,110)(H,81,95)(H,82,96)(H,83,94)(H,84,114)(H,85,105)(H,86,111)(H,87,108)(H,88,112)(H,89,113)(H,90,109)(H,97,98)(H,99,100)(H,101,102)(H,103,104)/t37-,38+,44-,45+,46-,47-,48-,49-,50-,51-,52-,62-/m0/s1. The van der Waals surface area contributed by atoms with Gasteiger partial charge in [-0.1, -0.05) is 82.7 Å². The first kappa shape index (κ1) is 95.7. The predicted molar refractivity (Wildman–Crippen MR) is 405 cm³/mol. The average Bonchev–Trinajstić information content (AvgIpc) is 1.65. The Morgan fingerprint density at radius 2 is 1.09 bits per heavy atom. The molecule has 1 fully saturated rings. The largest absolute Gasteiger partial charge is 0.481 e. The number of aliphatic hydroxyl groups excluding tert-OH is 1. The minimum atomic E-state index is -2.39. The van der Waals surface area contributed by atoms with Crippen molar-refractivity contribution in [1.82, 2.24) is 74.1 Å². The normalized spacial score (nSPS) is 20.5. The van der Waals surface area contributed by atoms with Crippen molar-refractivity contribution in [3.8, 4) is 0 Å². The number of Topliss-reactive ketones (excluding diaryl/α,β-unsaturated/α-hetero) is 1. The topological polar surface area (TPSA) is 702 Å². The third kappa shape index (κ3) is 33.5. The van der Waals surface area contributed by atoms with Crippen LogP contribution in [0.1, 0.15) is 152 Å². The first-order chi connectivity index (χ1) is 54.9. The van der Waals surface area contributed by atoms with E-state index < -0.39 is 268 Å². The zero-order valence-corrected chi connectivity index (χ0v) is 64.1. The number of benzene rings is 2. The Morgan fingerprint density at radius 1 is 0.543 bits per heavy atom. The number of cyclic esters (lactones) is 1. The van der Waals surface area contributed by atoms with E-state index in [1.165, 1.54) is 24.3 Å². The molecular weight excluding hydrogens is 1530 g/mol. The van der Waals surface area contributed by atoms with E-state index >= 15 is 0 Å². The number of aliphatic carboxylic acids is 4. The van der Waals surface area contributed by atoms with Crippen LogP contribution in [0.25, 0.3) is 10.9 Å². The van der Waals surface area contributed by atoms with Gasteiger partial charge in [0.05, 0.1) is 45.2 Å². The number of carboxylic acids is 4. The number of H-pyrrole nitrogens is 1. The highest BCUT2D eigenvalue weighted by Gasteiger charge is 2.39. The lowest BCUT2D eigenvalue weighted by Gasteiger charge is -2.28. The van der Waals surface area contributed by atoms with Gasteiger partial charge in [-0.15, -0.1) is 0 Å². The van der Waals surface area contributed by atoms with Gasteiger partial charge in [-0.25, -0.2) is 4.79 Å². The number of anilines is 1. The number of carboxylic acid groups (broad SMARTS) is 4. The average molecular weight is 1630 g/mol. The number of primary amides is 1. The van der Waals surface area contributed by atoms with Crippen molar-refractivity contribution in [2.75, 3.05) is 38.6 Å². The van der Waals surface area contributed by atoms with Gasteiger partial charge in [-0.3, -0.25) is 91.1 Å². The fraction of sp³-hybridized carbons (Fsp3) is 0.534. The minimum Gasteiger partial charge on any atom is -0.481 e. The minimum absolute atomic E-state index is 0.0145. The Morgan fingerprint density at radius 3 is 1.69 bits per heavy atom. The van der Waals surface area contributed by atoms with E-state index in [1.54, 1.807) is 30.5 Å². The molecule has 0 spiro atoms. The van der Waals surface area contributed by atoms with E-state index in [0.29, 0.717) is 29.3 Å². The molecule has 43 nitrogen and oxygen atoms in total.